The Bertz CT molecular complexity index is 2730. The van der Waals surface area contributed by atoms with Gasteiger partial charge >= 0.3 is 11.7 Å². The number of carbonyl (C=O) groups is 2. The van der Waals surface area contributed by atoms with E-state index < -0.39 is 62.1 Å². The number of carbonyl (C=O) groups excluding carboxylic acids is 1. The highest BCUT2D eigenvalue weighted by Gasteiger charge is 2.26. The third-order valence-corrected chi connectivity index (χ3v) is 11.1. The second kappa shape index (κ2) is 15.9. The van der Waals surface area contributed by atoms with Crippen molar-refractivity contribution in [1.82, 2.24) is 24.4 Å². The molecule has 1 amide bonds. The van der Waals surface area contributed by atoms with E-state index in [1.807, 2.05) is 4.72 Å². The lowest BCUT2D eigenvalue weighted by Crippen LogP contribution is -2.42. The Kier molecular flexibility index (Phi) is 10.8. The fourth-order valence-electron chi connectivity index (χ4n) is 6.57. The first-order valence-electron chi connectivity index (χ1n) is 17.7. The summed E-state index contributed by atoms with van der Waals surface area (Å²) in [6.45, 7) is 1.29. The number of anilines is 1. The number of ether oxygens (including phenoxy) is 1. The molecule has 57 heavy (non-hydrogen) atoms. The van der Waals surface area contributed by atoms with Gasteiger partial charge in [-0.15, -0.1) is 0 Å². The first kappa shape index (κ1) is 38.7. The fraction of sp³-hybridized carbons (Fsp3) is 0.200. The third kappa shape index (κ3) is 8.06. The summed E-state index contributed by atoms with van der Waals surface area (Å²) in [5.74, 6) is -4.45. The van der Waals surface area contributed by atoms with Crippen LogP contribution in [0.2, 0.25) is 0 Å². The van der Waals surface area contributed by atoms with Crippen molar-refractivity contribution in [2.75, 3.05) is 17.9 Å². The molecule has 7 rings (SSSR count). The maximum atomic E-state index is 15.2. The van der Waals surface area contributed by atoms with E-state index in [1.54, 1.807) is 36.7 Å². The minimum Gasteiger partial charge on any atom is -0.480 e. The van der Waals surface area contributed by atoms with E-state index in [4.69, 9.17) is 4.74 Å². The van der Waals surface area contributed by atoms with Crippen LogP contribution in [0.3, 0.4) is 0 Å². The molecule has 1 fully saturated rings. The predicted molar refractivity (Wildman–Crippen MR) is 205 cm³/mol. The molecule has 0 saturated carbocycles. The Hall–Kier alpha value is -6.59. The number of aliphatic carboxylic acids is 1. The van der Waals surface area contributed by atoms with Crippen molar-refractivity contribution in [2.24, 2.45) is 7.05 Å². The number of fused-ring (bicyclic) bond motifs is 1. The summed E-state index contributed by atoms with van der Waals surface area (Å²) in [6, 6.07) is 17.4. The number of aromatic nitrogens is 4. The number of amides is 1. The summed E-state index contributed by atoms with van der Waals surface area (Å²) < 4.78 is 66.4. The van der Waals surface area contributed by atoms with Crippen LogP contribution in [0.1, 0.15) is 40.5 Å². The molecule has 3 heterocycles. The number of nitrogens with zero attached hydrogens (tertiary/aromatic N) is 4. The lowest BCUT2D eigenvalue weighted by Gasteiger charge is -2.20. The summed E-state index contributed by atoms with van der Waals surface area (Å²) in [5, 5.41) is 12.3. The van der Waals surface area contributed by atoms with E-state index >= 15 is 8.78 Å². The second-order valence-corrected chi connectivity index (χ2v) is 15.1. The smallest absolute Gasteiger partial charge is 0.335 e. The maximum absolute atomic E-state index is 15.2. The number of nitrogens with one attached hydrogen (secondary N) is 2. The van der Waals surface area contributed by atoms with Crippen LogP contribution >= 0.6 is 0 Å². The van der Waals surface area contributed by atoms with Gasteiger partial charge in [0.05, 0.1) is 32.7 Å². The molecule has 1 saturated heterocycles. The molecule has 0 radical (unpaired) electrons. The number of hydrogen-bond acceptors (Lipinski definition) is 9. The highest BCUT2D eigenvalue weighted by Crippen LogP contribution is 2.27. The fourth-order valence-corrected chi connectivity index (χ4v) is 7.63. The molecule has 4 aromatic carbocycles. The van der Waals surface area contributed by atoms with Crippen LogP contribution < -0.4 is 21.3 Å². The zero-order valence-electron chi connectivity index (χ0n) is 30.2. The van der Waals surface area contributed by atoms with E-state index in [0.29, 0.717) is 58.8 Å². The Morgan fingerprint density at radius 3 is 2.25 bits per heavy atom. The van der Waals surface area contributed by atoms with Crippen LogP contribution in [0.25, 0.3) is 27.7 Å². The Labute approximate surface area is 323 Å². The molecule has 1 atom stereocenters. The van der Waals surface area contributed by atoms with Gasteiger partial charge in [-0.1, -0.05) is 36.4 Å². The van der Waals surface area contributed by atoms with Crippen molar-refractivity contribution >= 4 is 38.5 Å². The van der Waals surface area contributed by atoms with Gasteiger partial charge in [0.1, 0.15) is 23.5 Å². The molecule has 292 valence electrons. The molecular formula is C40H34F2N6O8S. The van der Waals surface area contributed by atoms with Gasteiger partial charge in [0.25, 0.3) is 21.5 Å². The van der Waals surface area contributed by atoms with E-state index in [1.165, 1.54) is 60.1 Å². The van der Waals surface area contributed by atoms with E-state index in [0.717, 1.165) is 17.4 Å². The first-order valence-corrected chi connectivity index (χ1v) is 19.1. The molecule has 6 aromatic rings. The lowest BCUT2D eigenvalue weighted by molar-refractivity contribution is -0.139. The molecule has 17 heteroatoms. The number of para-hydroxylation sites is 1. The summed E-state index contributed by atoms with van der Waals surface area (Å²) >= 11 is 0. The first-order chi connectivity index (χ1) is 27.3. The number of rotatable bonds is 11. The summed E-state index contributed by atoms with van der Waals surface area (Å²) in [6.07, 6.45) is 4.64. The largest absolute Gasteiger partial charge is 0.480 e. The standard InChI is InChI=1S/C40H34F2N6O8S/c1-47-35-5-3-2-4-29(35)38(50)48(40(47)53)27-10-6-23(7-11-27)18-34(39(51)52)45-37(49)30-19-32(42)33(20-31(30)41)46-57(54,55)28-12-8-24(9-13-28)26-21-43-36(44-22-26)25-14-16-56-17-15-25/h2-13,19-22,25,34,46H,14-18H2,1H3,(H,45,49)(H,51,52)/t34-/m0/s1. The molecule has 0 spiro atoms. The van der Waals surface area contributed by atoms with Crippen molar-refractivity contribution < 1.29 is 36.6 Å². The Balaban J connectivity index is 1.02. The van der Waals surface area contributed by atoms with E-state index in [2.05, 4.69) is 15.3 Å². The van der Waals surface area contributed by atoms with Crippen LogP contribution in [0, 0.1) is 11.6 Å². The quantitative estimate of drug-likeness (QED) is 0.168. The molecule has 0 aliphatic carbocycles. The maximum Gasteiger partial charge on any atom is 0.335 e. The molecule has 1 aliphatic heterocycles. The number of benzene rings is 4. The van der Waals surface area contributed by atoms with Gasteiger partial charge in [-0.2, -0.15) is 0 Å². The zero-order chi connectivity index (χ0) is 40.4. The lowest BCUT2D eigenvalue weighted by atomic mass is 9.99. The summed E-state index contributed by atoms with van der Waals surface area (Å²) in [4.78, 5) is 60.0. The second-order valence-electron chi connectivity index (χ2n) is 13.4. The molecule has 0 bridgehead atoms. The van der Waals surface area contributed by atoms with Gasteiger partial charge in [-0.25, -0.2) is 41.3 Å². The summed E-state index contributed by atoms with van der Waals surface area (Å²) in [5.41, 5.74) is -0.455. The van der Waals surface area contributed by atoms with Gasteiger partial charge in [-0.3, -0.25) is 18.9 Å². The minimum absolute atomic E-state index is 0.204. The number of aryl methyl sites for hydroxylation is 1. The van der Waals surface area contributed by atoms with Crippen LogP contribution in [0.5, 0.6) is 0 Å². The molecule has 14 nitrogen and oxygen atoms in total. The SMILES string of the molecule is Cn1c(=O)n(-c2ccc(C[C@H](NC(=O)c3cc(F)c(NS(=O)(=O)c4ccc(-c5cnc(C6CCOCC6)nc5)cc4)cc3F)C(=O)O)cc2)c(=O)c2ccccc21. The highest BCUT2D eigenvalue weighted by molar-refractivity contribution is 7.92. The minimum atomic E-state index is -4.42. The zero-order valence-corrected chi connectivity index (χ0v) is 31.0. The monoisotopic (exact) mass is 796 g/mol. The number of hydrogen-bond donors (Lipinski definition) is 3. The van der Waals surface area contributed by atoms with Gasteiger partial charge in [0, 0.05) is 56.6 Å². The number of carboxylic acids is 1. The van der Waals surface area contributed by atoms with Crippen molar-refractivity contribution in [2.45, 2.75) is 36.1 Å². The van der Waals surface area contributed by atoms with Crippen LogP contribution in [-0.4, -0.2) is 63.8 Å². The molecule has 1 aliphatic rings. The van der Waals surface area contributed by atoms with Crippen molar-refractivity contribution in [3.63, 3.8) is 0 Å². The van der Waals surface area contributed by atoms with Crippen molar-refractivity contribution in [3.05, 3.63) is 147 Å². The molecular weight excluding hydrogens is 763 g/mol. The Morgan fingerprint density at radius 2 is 1.58 bits per heavy atom. The van der Waals surface area contributed by atoms with Crippen LogP contribution in [0.4, 0.5) is 14.5 Å². The van der Waals surface area contributed by atoms with Gasteiger partial charge in [0.15, 0.2) is 0 Å². The molecule has 3 N–H and O–H groups in total. The average Bonchev–Trinajstić information content (AvgIpc) is 3.22. The normalized spacial score (nSPS) is 13.9. The summed E-state index contributed by atoms with van der Waals surface area (Å²) in [7, 11) is -2.90. The van der Waals surface area contributed by atoms with E-state index in [-0.39, 0.29) is 22.9 Å². The van der Waals surface area contributed by atoms with Crippen molar-refractivity contribution in [1.29, 1.82) is 0 Å². The van der Waals surface area contributed by atoms with Crippen molar-refractivity contribution in [3.8, 4) is 16.8 Å². The van der Waals surface area contributed by atoms with Gasteiger partial charge in [0.2, 0.25) is 0 Å². The topological polar surface area (TPSA) is 192 Å². The number of carboxylic acid groups (broad SMARTS) is 1. The Morgan fingerprint density at radius 1 is 0.912 bits per heavy atom. The number of sulfonamides is 1. The van der Waals surface area contributed by atoms with Gasteiger partial charge < -0.3 is 15.2 Å². The average molecular weight is 797 g/mol. The van der Waals surface area contributed by atoms with Gasteiger partial charge in [-0.05, 0) is 66.4 Å². The third-order valence-electron chi connectivity index (χ3n) is 9.72. The van der Waals surface area contributed by atoms with Crippen LogP contribution in [-0.2, 0) is 33.0 Å². The molecule has 0 unspecified atom stereocenters. The highest BCUT2D eigenvalue weighted by atomic mass is 32.2. The molecule has 2 aromatic heterocycles. The van der Waals surface area contributed by atoms with Crippen LogP contribution in [0.15, 0.2) is 112 Å². The predicted octanol–water partition coefficient (Wildman–Crippen LogP) is 4.55. The number of halogens is 2. The van der Waals surface area contributed by atoms with E-state index in [9.17, 15) is 32.7 Å².